The van der Waals surface area contributed by atoms with Crippen LogP contribution >= 0.6 is 0 Å². The molecular weight excluding hydrogens is 232 g/mol. The van der Waals surface area contributed by atoms with Crippen molar-refractivity contribution in [1.29, 1.82) is 0 Å². The van der Waals surface area contributed by atoms with Crippen LogP contribution in [0.5, 0.6) is 0 Å². The van der Waals surface area contributed by atoms with Gasteiger partial charge in [0.2, 0.25) is 0 Å². The molecule has 3 atom stereocenters. The molecule has 0 radical (unpaired) electrons. The zero-order valence-corrected chi connectivity index (χ0v) is 10.7. The zero-order valence-electron chi connectivity index (χ0n) is 10.7. The second kappa shape index (κ2) is 5.63. The van der Waals surface area contributed by atoms with E-state index in [0.717, 1.165) is 6.42 Å². The van der Waals surface area contributed by atoms with Gasteiger partial charge >= 0.3 is 0 Å². The van der Waals surface area contributed by atoms with E-state index in [1.165, 1.54) is 0 Å². The summed E-state index contributed by atoms with van der Waals surface area (Å²) in [6.45, 7) is 5.01. The lowest BCUT2D eigenvalue weighted by atomic mass is 9.85. The Hall–Kier alpha value is -1.20. The summed E-state index contributed by atoms with van der Waals surface area (Å²) in [5.41, 5.74) is 0. The maximum atomic E-state index is 11.9. The molecular formula is C13H20N2O3. The average molecular weight is 252 g/mol. The van der Waals surface area contributed by atoms with Crippen molar-refractivity contribution in [3.05, 3.63) is 12.7 Å². The predicted octanol–water partition coefficient (Wildman–Crippen LogP) is 0.109. The molecule has 0 aromatic heterocycles. The second-order valence-corrected chi connectivity index (χ2v) is 4.81. The Morgan fingerprint density at radius 1 is 1.56 bits per heavy atom. The van der Waals surface area contributed by atoms with Crippen LogP contribution in [0.25, 0.3) is 0 Å². The van der Waals surface area contributed by atoms with Gasteiger partial charge in [0.25, 0.3) is 5.91 Å². The summed E-state index contributed by atoms with van der Waals surface area (Å²) in [7, 11) is 1.55. The van der Waals surface area contributed by atoms with Crippen LogP contribution in [0.1, 0.15) is 19.3 Å². The summed E-state index contributed by atoms with van der Waals surface area (Å²) in [6.07, 6.45) is 3.23. The largest absolute Gasteiger partial charge is 0.369 e. The minimum Gasteiger partial charge on any atom is -0.369 e. The molecule has 2 aliphatic rings. The molecule has 2 fully saturated rings. The van der Waals surface area contributed by atoms with Crippen LogP contribution in [-0.2, 0) is 14.3 Å². The number of methoxy groups -OCH3 is 1. The number of ether oxygens (including phenoxy) is 1. The van der Waals surface area contributed by atoms with E-state index >= 15 is 0 Å². The number of β-lactam (4-membered cyclic amide) rings is 1. The minimum atomic E-state index is -0.404. The highest BCUT2D eigenvalue weighted by Crippen LogP contribution is 2.28. The smallest absolute Gasteiger partial charge is 0.254 e. The number of Topliss-reactive ketones (excluding diaryl/α,β-unsaturated/α-hetero) is 1. The topological polar surface area (TPSA) is 58.6 Å². The highest BCUT2D eigenvalue weighted by Gasteiger charge is 2.51. The van der Waals surface area contributed by atoms with Crippen LogP contribution in [-0.4, -0.2) is 55.0 Å². The van der Waals surface area contributed by atoms with Gasteiger partial charge in [0.05, 0.1) is 6.04 Å². The van der Waals surface area contributed by atoms with Crippen molar-refractivity contribution in [3.63, 3.8) is 0 Å². The summed E-state index contributed by atoms with van der Waals surface area (Å²) >= 11 is 0. The Bertz CT molecular complexity index is 356. The van der Waals surface area contributed by atoms with E-state index < -0.39 is 6.10 Å². The van der Waals surface area contributed by atoms with Crippen LogP contribution in [0.3, 0.4) is 0 Å². The summed E-state index contributed by atoms with van der Waals surface area (Å²) in [5, 5.41) is 3.32. The van der Waals surface area contributed by atoms with E-state index in [1.807, 2.05) is 0 Å². The lowest BCUT2D eigenvalue weighted by Gasteiger charge is -2.50. The number of nitrogens with zero attached hydrogens (tertiary/aromatic N) is 1. The van der Waals surface area contributed by atoms with Crippen molar-refractivity contribution in [2.75, 3.05) is 20.2 Å². The number of amides is 1. The van der Waals surface area contributed by atoms with Gasteiger partial charge in [-0.05, 0) is 6.42 Å². The molecule has 0 saturated carbocycles. The van der Waals surface area contributed by atoms with E-state index in [0.29, 0.717) is 25.9 Å². The second-order valence-electron chi connectivity index (χ2n) is 4.81. The number of likely N-dealkylation sites (tertiary alicyclic amines) is 1. The number of carbonyl (C=O) groups excluding carboxylic acids is 2. The zero-order chi connectivity index (χ0) is 13.1. The molecule has 2 aliphatic heterocycles. The number of nitrogens with one attached hydrogen (secondary N) is 1. The van der Waals surface area contributed by atoms with Gasteiger partial charge in [0.15, 0.2) is 6.10 Å². The summed E-state index contributed by atoms with van der Waals surface area (Å²) in [6, 6.07) is 0.00501. The van der Waals surface area contributed by atoms with Gasteiger partial charge in [0.1, 0.15) is 5.78 Å². The quantitative estimate of drug-likeness (QED) is 0.557. The first-order valence-electron chi connectivity index (χ1n) is 6.38. The number of hydrogen-bond acceptors (Lipinski definition) is 4. The fraction of sp³-hybridized carbons (Fsp3) is 0.692. The number of hydrogen-bond donors (Lipinski definition) is 1. The number of carbonyl (C=O) groups is 2. The van der Waals surface area contributed by atoms with Gasteiger partial charge in [-0.25, -0.2) is 0 Å². The van der Waals surface area contributed by atoms with Crippen LogP contribution in [0, 0.1) is 0 Å². The van der Waals surface area contributed by atoms with Gasteiger partial charge in [0, 0.05) is 39.1 Å². The monoisotopic (exact) mass is 252 g/mol. The Morgan fingerprint density at radius 3 is 2.94 bits per heavy atom. The third-order valence-electron chi connectivity index (χ3n) is 3.69. The molecule has 5 heteroatoms. The van der Waals surface area contributed by atoms with Gasteiger partial charge in [-0.3, -0.25) is 9.59 Å². The van der Waals surface area contributed by atoms with Gasteiger partial charge < -0.3 is 15.0 Å². The number of rotatable bonds is 5. The summed E-state index contributed by atoms with van der Waals surface area (Å²) in [4.78, 5) is 25.2. The first-order chi connectivity index (χ1) is 8.69. The van der Waals surface area contributed by atoms with Crippen molar-refractivity contribution < 1.29 is 14.3 Å². The average Bonchev–Trinajstić information content (AvgIpc) is 2.36. The fourth-order valence-corrected chi connectivity index (χ4v) is 2.75. The normalized spacial score (nSPS) is 32.3. The Balaban J connectivity index is 2.03. The van der Waals surface area contributed by atoms with Crippen molar-refractivity contribution in [2.24, 2.45) is 0 Å². The van der Waals surface area contributed by atoms with Crippen LogP contribution in [0.2, 0.25) is 0 Å². The van der Waals surface area contributed by atoms with Crippen molar-refractivity contribution in [1.82, 2.24) is 10.2 Å². The van der Waals surface area contributed by atoms with Crippen molar-refractivity contribution in [3.8, 4) is 0 Å². The Kier molecular flexibility index (Phi) is 4.14. The first-order valence-corrected chi connectivity index (χ1v) is 6.38. The molecule has 0 aromatic carbocycles. The van der Waals surface area contributed by atoms with E-state index in [1.54, 1.807) is 18.1 Å². The van der Waals surface area contributed by atoms with E-state index in [-0.39, 0.29) is 23.8 Å². The molecule has 0 aromatic rings. The molecule has 0 bridgehead atoms. The van der Waals surface area contributed by atoms with E-state index in [2.05, 4.69) is 11.9 Å². The lowest BCUT2D eigenvalue weighted by molar-refractivity contribution is -0.174. The molecule has 0 spiro atoms. The third kappa shape index (κ3) is 2.33. The number of piperidine rings is 1. The SMILES string of the molecule is C=CCCN1C(=O)[C@H](OC)[C@@H]1[C@H]1CC(=O)CCN1. The molecule has 2 rings (SSSR count). The predicted molar refractivity (Wildman–Crippen MR) is 67.1 cm³/mol. The van der Waals surface area contributed by atoms with E-state index in [4.69, 9.17) is 4.74 Å². The lowest BCUT2D eigenvalue weighted by Crippen LogP contribution is -2.72. The van der Waals surface area contributed by atoms with Gasteiger partial charge in [-0.2, -0.15) is 0 Å². The number of ketones is 1. The molecule has 100 valence electrons. The molecule has 0 aliphatic carbocycles. The standard InChI is InChI=1S/C13H20N2O3/c1-3-4-7-15-11(12(18-2)13(15)17)10-8-9(16)5-6-14-10/h3,10-12,14H,1,4-8H2,2H3/t10-,11+,12-/m1/s1. The molecule has 2 saturated heterocycles. The van der Waals surface area contributed by atoms with Crippen molar-refractivity contribution >= 4 is 11.7 Å². The molecule has 18 heavy (non-hydrogen) atoms. The maximum Gasteiger partial charge on any atom is 0.254 e. The summed E-state index contributed by atoms with van der Waals surface area (Å²) in [5.74, 6) is 0.279. The summed E-state index contributed by atoms with van der Waals surface area (Å²) < 4.78 is 5.24. The highest BCUT2D eigenvalue weighted by atomic mass is 16.5. The van der Waals surface area contributed by atoms with Gasteiger partial charge in [-0.15, -0.1) is 6.58 Å². The Morgan fingerprint density at radius 2 is 2.33 bits per heavy atom. The maximum absolute atomic E-state index is 11.9. The highest BCUT2D eigenvalue weighted by molar-refractivity contribution is 5.89. The van der Waals surface area contributed by atoms with Crippen LogP contribution < -0.4 is 5.32 Å². The fourth-order valence-electron chi connectivity index (χ4n) is 2.75. The molecule has 5 nitrogen and oxygen atoms in total. The van der Waals surface area contributed by atoms with Crippen molar-refractivity contribution in [2.45, 2.75) is 37.5 Å². The third-order valence-corrected chi connectivity index (χ3v) is 3.69. The minimum absolute atomic E-state index is 0.0178. The van der Waals surface area contributed by atoms with Gasteiger partial charge in [-0.1, -0.05) is 6.08 Å². The molecule has 2 heterocycles. The first kappa shape index (κ1) is 13.2. The molecule has 0 unspecified atom stereocenters. The molecule has 1 amide bonds. The van der Waals surface area contributed by atoms with E-state index in [9.17, 15) is 9.59 Å². The van der Waals surface area contributed by atoms with Crippen LogP contribution in [0.15, 0.2) is 12.7 Å². The van der Waals surface area contributed by atoms with Crippen LogP contribution in [0.4, 0.5) is 0 Å². The Labute approximate surface area is 107 Å². The molecule has 1 N–H and O–H groups in total.